The van der Waals surface area contributed by atoms with Gasteiger partial charge in [0.2, 0.25) is 0 Å². The van der Waals surface area contributed by atoms with Crippen molar-refractivity contribution in [2.45, 2.75) is 31.9 Å². The summed E-state index contributed by atoms with van der Waals surface area (Å²) in [6, 6.07) is 0. The largest absolute Gasteiger partial charge is 0.294 e. The van der Waals surface area contributed by atoms with Gasteiger partial charge in [-0.15, -0.1) is 0 Å². The summed E-state index contributed by atoms with van der Waals surface area (Å²) in [5, 5.41) is 0. The number of ketones is 1. The van der Waals surface area contributed by atoms with Crippen molar-refractivity contribution in [2.24, 2.45) is 0 Å². The number of nitrogens with zero attached hydrogens (tertiary/aromatic N) is 2. The van der Waals surface area contributed by atoms with Gasteiger partial charge >= 0.3 is 0 Å². The van der Waals surface area contributed by atoms with Crippen LogP contribution in [0.4, 0.5) is 0 Å². The predicted molar refractivity (Wildman–Crippen MR) is 61.1 cm³/mol. The van der Waals surface area contributed by atoms with Gasteiger partial charge in [-0.05, 0) is 18.6 Å². The zero-order chi connectivity index (χ0) is 10.7. The van der Waals surface area contributed by atoms with Gasteiger partial charge in [0.15, 0.2) is 5.78 Å². The topological polar surface area (TPSA) is 42.9 Å². The Balaban J connectivity index is 2.21. The van der Waals surface area contributed by atoms with Crippen LogP contribution in [0.3, 0.4) is 0 Å². The van der Waals surface area contributed by atoms with Gasteiger partial charge in [-0.3, -0.25) is 4.79 Å². The Bertz CT molecular complexity index is 379. The lowest BCUT2D eigenvalue weighted by molar-refractivity contribution is 0.0971. The van der Waals surface area contributed by atoms with Crippen LogP contribution in [0.2, 0.25) is 0 Å². The molecule has 15 heavy (non-hydrogen) atoms. The third kappa shape index (κ3) is 2.37. The molecule has 0 amide bonds. The van der Waals surface area contributed by atoms with E-state index in [4.69, 9.17) is 0 Å². The molecule has 1 aliphatic rings. The highest BCUT2D eigenvalue weighted by Gasteiger charge is 2.18. The van der Waals surface area contributed by atoms with E-state index in [9.17, 15) is 4.79 Å². The second kappa shape index (κ2) is 4.75. The molecule has 0 radical (unpaired) electrons. The normalized spacial score (nSPS) is 15.1. The van der Waals surface area contributed by atoms with E-state index in [0.717, 1.165) is 41.4 Å². The molecule has 0 unspecified atom stereocenters. The van der Waals surface area contributed by atoms with Crippen molar-refractivity contribution in [1.29, 1.82) is 0 Å². The zero-order valence-corrected chi connectivity index (χ0v) is 9.64. The van der Waals surface area contributed by atoms with Crippen molar-refractivity contribution in [2.75, 3.05) is 5.75 Å². The predicted octanol–water partition coefficient (Wildman–Crippen LogP) is 2.25. The average Bonchev–Trinajstić information content (AvgIpc) is 2.26. The van der Waals surface area contributed by atoms with Gasteiger partial charge < -0.3 is 0 Å². The van der Waals surface area contributed by atoms with Crippen LogP contribution in [0.5, 0.6) is 0 Å². The van der Waals surface area contributed by atoms with Crippen molar-refractivity contribution in [3.8, 4) is 0 Å². The standard InChI is InChI=1S/C11H14N2OS/c1-2-15-7-11-12-6-8-9(13-11)4-3-5-10(8)14/h6H,2-5,7H2,1H3. The van der Waals surface area contributed by atoms with Crippen molar-refractivity contribution in [3.63, 3.8) is 0 Å². The number of carbonyl (C=O) groups is 1. The van der Waals surface area contributed by atoms with Gasteiger partial charge in [0.25, 0.3) is 0 Å². The maximum absolute atomic E-state index is 11.5. The molecule has 80 valence electrons. The Labute approximate surface area is 93.7 Å². The number of hydrogen-bond acceptors (Lipinski definition) is 4. The van der Waals surface area contributed by atoms with Crippen LogP contribution in [-0.4, -0.2) is 21.5 Å². The van der Waals surface area contributed by atoms with Gasteiger partial charge in [-0.2, -0.15) is 11.8 Å². The first-order valence-electron chi connectivity index (χ1n) is 5.27. The lowest BCUT2D eigenvalue weighted by Crippen LogP contribution is -2.14. The monoisotopic (exact) mass is 222 g/mol. The Morgan fingerprint density at radius 2 is 2.33 bits per heavy atom. The minimum atomic E-state index is 0.200. The molecular formula is C11H14N2OS. The Hall–Kier alpha value is -0.900. The summed E-state index contributed by atoms with van der Waals surface area (Å²) >= 11 is 1.80. The van der Waals surface area contributed by atoms with E-state index in [2.05, 4.69) is 16.9 Å². The second-order valence-electron chi connectivity index (χ2n) is 3.56. The van der Waals surface area contributed by atoms with E-state index in [0.29, 0.717) is 6.42 Å². The molecule has 0 saturated carbocycles. The number of Topliss-reactive ketones (excluding diaryl/α,β-unsaturated/α-hetero) is 1. The molecule has 1 aromatic heterocycles. The van der Waals surface area contributed by atoms with E-state index >= 15 is 0 Å². The summed E-state index contributed by atoms with van der Waals surface area (Å²) < 4.78 is 0. The number of thioether (sulfide) groups is 1. The van der Waals surface area contributed by atoms with Crippen LogP contribution in [0.1, 0.15) is 41.6 Å². The molecule has 0 bridgehead atoms. The van der Waals surface area contributed by atoms with Crippen LogP contribution >= 0.6 is 11.8 Å². The van der Waals surface area contributed by atoms with Crippen LogP contribution < -0.4 is 0 Å². The molecule has 0 N–H and O–H groups in total. The van der Waals surface area contributed by atoms with Crippen molar-refractivity contribution < 1.29 is 4.79 Å². The average molecular weight is 222 g/mol. The summed E-state index contributed by atoms with van der Waals surface area (Å²) in [7, 11) is 0. The van der Waals surface area contributed by atoms with Gasteiger partial charge in [-0.1, -0.05) is 6.92 Å². The zero-order valence-electron chi connectivity index (χ0n) is 8.82. The molecule has 0 spiro atoms. The van der Waals surface area contributed by atoms with Gasteiger partial charge in [0.1, 0.15) is 5.82 Å². The van der Waals surface area contributed by atoms with E-state index in [-0.39, 0.29) is 5.78 Å². The fourth-order valence-corrected chi connectivity index (χ4v) is 2.22. The Morgan fingerprint density at radius 3 is 3.13 bits per heavy atom. The first kappa shape index (κ1) is 10.6. The Morgan fingerprint density at radius 1 is 1.47 bits per heavy atom. The number of carbonyl (C=O) groups excluding carboxylic acids is 1. The number of hydrogen-bond donors (Lipinski definition) is 0. The molecule has 0 aromatic carbocycles. The van der Waals surface area contributed by atoms with Crippen LogP contribution in [0.15, 0.2) is 6.20 Å². The third-order valence-corrected chi connectivity index (χ3v) is 3.34. The fraction of sp³-hybridized carbons (Fsp3) is 0.545. The smallest absolute Gasteiger partial charge is 0.166 e. The molecule has 0 atom stereocenters. The highest BCUT2D eigenvalue weighted by Crippen LogP contribution is 2.19. The molecule has 0 fully saturated rings. The summed E-state index contributed by atoms with van der Waals surface area (Å²) in [4.78, 5) is 20.2. The van der Waals surface area contributed by atoms with Crippen molar-refractivity contribution in [1.82, 2.24) is 9.97 Å². The number of fused-ring (bicyclic) bond motifs is 1. The van der Waals surface area contributed by atoms with Crippen LogP contribution in [-0.2, 0) is 12.2 Å². The number of aryl methyl sites for hydroxylation is 1. The van der Waals surface area contributed by atoms with E-state index in [1.54, 1.807) is 18.0 Å². The minimum absolute atomic E-state index is 0.200. The maximum Gasteiger partial charge on any atom is 0.166 e. The SMILES string of the molecule is CCSCc1ncc2c(n1)CCCC2=O. The van der Waals surface area contributed by atoms with E-state index in [1.807, 2.05) is 0 Å². The third-order valence-electron chi connectivity index (χ3n) is 2.47. The lowest BCUT2D eigenvalue weighted by atomic mass is 9.96. The summed E-state index contributed by atoms with van der Waals surface area (Å²) in [6.45, 7) is 2.12. The Kier molecular flexibility index (Phi) is 3.36. The molecule has 1 heterocycles. The molecule has 2 rings (SSSR count). The van der Waals surface area contributed by atoms with Gasteiger partial charge in [0.05, 0.1) is 17.0 Å². The van der Waals surface area contributed by atoms with Gasteiger partial charge in [0, 0.05) is 12.6 Å². The highest BCUT2D eigenvalue weighted by molar-refractivity contribution is 7.98. The molecular weight excluding hydrogens is 208 g/mol. The second-order valence-corrected chi connectivity index (χ2v) is 4.83. The van der Waals surface area contributed by atoms with Gasteiger partial charge in [-0.25, -0.2) is 9.97 Å². The maximum atomic E-state index is 11.5. The lowest BCUT2D eigenvalue weighted by Gasteiger charge is -2.13. The number of aromatic nitrogens is 2. The quantitative estimate of drug-likeness (QED) is 0.786. The molecule has 0 aliphatic heterocycles. The van der Waals surface area contributed by atoms with Crippen LogP contribution in [0, 0.1) is 0 Å². The molecule has 1 aromatic rings. The van der Waals surface area contributed by atoms with E-state index in [1.165, 1.54) is 0 Å². The highest BCUT2D eigenvalue weighted by atomic mass is 32.2. The van der Waals surface area contributed by atoms with Crippen molar-refractivity contribution in [3.05, 3.63) is 23.3 Å². The first-order chi connectivity index (χ1) is 7.31. The molecule has 4 heteroatoms. The first-order valence-corrected chi connectivity index (χ1v) is 6.42. The molecule has 0 saturated heterocycles. The summed E-state index contributed by atoms with van der Waals surface area (Å²) in [5.74, 6) is 2.97. The fourth-order valence-electron chi connectivity index (χ4n) is 1.70. The van der Waals surface area contributed by atoms with Crippen LogP contribution in [0.25, 0.3) is 0 Å². The minimum Gasteiger partial charge on any atom is -0.294 e. The van der Waals surface area contributed by atoms with E-state index < -0.39 is 0 Å². The summed E-state index contributed by atoms with van der Waals surface area (Å²) in [5.41, 5.74) is 1.69. The number of rotatable bonds is 3. The summed E-state index contributed by atoms with van der Waals surface area (Å²) in [6.07, 6.45) is 4.21. The molecule has 3 nitrogen and oxygen atoms in total. The molecule has 1 aliphatic carbocycles. The van der Waals surface area contributed by atoms with Crippen molar-refractivity contribution >= 4 is 17.5 Å².